The van der Waals surface area contributed by atoms with Gasteiger partial charge < -0.3 is 35.6 Å². The molecule has 2 unspecified atom stereocenters. The van der Waals surface area contributed by atoms with E-state index < -0.39 is 30.1 Å². The standard InChI is InChI=1S/C32H35ClN6O6/c33-23-6-1-7-24(18-23)35-32(44)37-26-17-21(30(42)36-25(19-29(40)41)22-5-2-11-34-20-22)9-10-27(26)38-12-4-13-39(15-14-38)31(43)28-8-3-16-45-28/h1-2,5-7,9-11,17-18,20,25,28H,3-4,8,12-16,19H2,(H,36,42)(H,40,41)(H2,35,37,44). The Morgan fingerprint density at radius 1 is 1.00 bits per heavy atom. The van der Waals surface area contributed by atoms with Crippen LogP contribution >= 0.6 is 11.6 Å². The van der Waals surface area contributed by atoms with Gasteiger partial charge in [-0.15, -0.1) is 0 Å². The number of nitrogens with zero attached hydrogens (tertiary/aromatic N) is 3. The molecular formula is C32H35ClN6O6. The Balaban J connectivity index is 1.38. The summed E-state index contributed by atoms with van der Waals surface area (Å²) in [6, 6.07) is 13.7. The van der Waals surface area contributed by atoms with Crippen LogP contribution < -0.4 is 20.9 Å². The molecule has 13 heteroatoms. The lowest BCUT2D eigenvalue weighted by molar-refractivity contribution is -0.140. The fourth-order valence-electron chi connectivity index (χ4n) is 5.51. The number of carboxylic acids is 1. The van der Waals surface area contributed by atoms with Crippen molar-refractivity contribution < 1.29 is 29.0 Å². The number of amides is 4. The van der Waals surface area contributed by atoms with Crippen LogP contribution in [0.15, 0.2) is 67.0 Å². The maximum Gasteiger partial charge on any atom is 0.323 e. The first-order chi connectivity index (χ1) is 21.8. The van der Waals surface area contributed by atoms with E-state index >= 15 is 0 Å². The van der Waals surface area contributed by atoms with Crippen molar-refractivity contribution >= 4 is 52.5 Å². The maximum atomic E-state index is 13.4. The van der Waals surface area contributed by atoms with Crippen molar-refractivity contribution in [3.05, 3.63) is 83.1 Å². The molecule has 0 spiro atoms. The number of anilines is 3. The molecule has 1 aromatic heterocycles. The van der Waals surface area contributed by atoms with Gasteiger partial charge in [-0.25, -0.2) is 4.79 Å². The van der Waals surface area contributed by atoms with Crippen LogP contribution in [0.3, 0.4) is 0 Å². The molecule has 2 aliphatic rings. The quantitative estimate of drug-likeness (QED) is 0.268. The smallest absolute Gasteiger partial charge is 0.323 e. The Morgan fingerprint density at radius 3 is 2.60 bits per heavy atom. The molecule has 236 valence electrons. The number of hydrogen-bond donors (Lipinski definition) is 4. The summed E-state index contributed by atoms with van der Waals surface area (Å²) in [5.74, 6) is -1.59. The van der Waals surface area contributed by atoms with E-state index in [2.05, 4.69) is 25.8 Å². The lowest BCUT2D eigenvalue weighted by atomic mass is 10.0. The van der Waals surface area contributed by atoms with E-state index in [9.17, 15) is 24.3 Å². The molecule has 3 aromatic rings. The predicted octanol–water partition coefficient (Wildman–Crippen LogP) is 4.54. The third kappa shape index (κ3) is 8.49. The number of aliphatic carboxylic acids is 1. The number of aromatic nitrogens is 1. The van der Waals surface area contributed by atoms with Crippen molar-refractivity contribution in [2.75, 3.05) is 48.3 Å². The van der Waals surface area contributed by atoms with Crippen molar-refractivity contribution in [3.8, 4) is 0 Å². The fourth-order valence-corrected chi connectivity index (χ4v) is 5.70. The molecule has 45 heavy (non-hydrogen) atoms. The molecule has 0 aliphatic carbocycles. The highest BCUT2D eigenvalue weighted by atomic mass is 35.5. The number of nitrogens with one attached hydrogen (secondary N) is 3. The number of pyridine rings is 1. The van der Waals surface area contributed by atoms with E-state index in [0.29, 0.717) is 66.9 Å². The first kappa shape index (κ1) is 31.7. The minimum Gasteiger partial charge on any atom is -0.481 e. The molecule has 4 N–H and O–H groups in total. The molecule has 5 rings (SSSR count). The first-order valence-corrected chi connectivity index (χ1v) is 15.2. The van der Waals surface area contributed by atoms with E-state index in [-0.39, 0.29) is 17.9 Å². The van der Waals surface area contributed by atoms with Crippen LogP contribution in [0, 0.1) is 0 Å². The van der Waals surface area contributed by atoms with Crippen LogP contribution in [0.25, 0.3) is 0 Å². The Kier molecular flexibility index (Phi) is 10.5. The zero-order valence-corrected chi connectivity index (χ0v) is 25.3. The number of ether oxygens (including phenoxy) is 1. The van der Waals surface area contributed by atoms with Crippen LogP contribution in [0.4, 0.5) is 21.9 Å². The van der Waals surface area contributed by atoms with Crippen LogP contribution in [-0.2, 0) is 14.3 Å². The highest BCUT2D eigenvalue weighted by molar-refractivity contribution is 6.30. The van der Waals surface area contributed by atoms with Gasteiger partial charge in [-0.3, -0.25) is 19.4 Å². The average molecular weight is 635 g/mol. The Hall–Kier alpha value is -4.68. The zero-order valence-electron chi connectivity index (χ0n) is 24.6. The van der Waals surface area contributed by atoms with E-state index in [0.717, 1.165) is 12.8 Å². The Labute approximate surface area is 265 Å². The van der Waals surface area contributed by atoms with Crippen LogP contribution in [0.1, 0.15) is 47.6 Å². The highest BCUT2D eigenvalue weighted by Gasteiger charge is 2.30. The lowest BCUT2D eigenvalue weighted by Gasteiger charge is -2.27. The molecule has 2 aromatic carbocycles. The molecule has 4 amide bonds. The van der Waals surface area contributed by atoms with Gasteiger partial charge in [0, 0.05) is 61.5 Å². The monoisotopic (exact) mass is 634 g/mol. The largest absolute Gasteiger partial charge is 0.481 e. The van der Waals surface area contributed by atoms with Crippen molar-refractivity contribution in [2.45, 2.75) is 37.8 Å². The van der Waals surface area contributed by atoms with E-state index in [1.807, 2.05) is 4.90 Å². The average Bonchev–Trinajstić information content (AvgIpc) is 3.45. The number of urea groups is 1. The third-order valence-electron chi connectivity index (χ3n) is 7.71. The number of hydrogen-bond acceptors (Lipinski definition) is 7. The van der Waals surface area contributed by atoms with Gasteiger partial charge >= 0.3 is 12.0 Å². The topological polar surface area (TPSA) is 153 Å². The minimum absolute atomic E-state index is 0.00477. The normalized spacial score (nSPS) is 17.2. The van der Waals surface area contributed by atoms with Gasteiger partial charge in [0.05, 0.1) is 23.8 Å². The third-order valence-corrected chi connectivity index (χ3v) is 7.95. The van der Waals surface area contributed by atoms with Crippen molar-refractivity contribution in [2.24, 2.45) is 0 Å². The number of carboxylic acid groups (broad SMARTS) is 1. The van der Waals surface area contributed by atoms with Gasteiger partial charge in [-0.2, -0.15) is 0 Å². The molecule has 0 saturated carbocycles. The summed E-state index contributed by atoms with van der Waals surface area (Å²) in [6.07, 6.45) is 4.66. The summed E-state index contributed by atoms with van der Waals surface area (Å²) < 4.78 is 5.61. The second kappa shape index (κ2) is 14.9. The SMILES string of the molecule is O=C(O)CC(NC(=O)c1ccc(N2CCCN(C(=O)C3CCCO3)CC2)c(NC(=O)Nc2cccc(Cl)c2)c1)c1cccnc1. The predicted molar refractivity (Wildman–Crippen MR) is 170 cm³/mol. The fraction of sp³-hybridized carbons (Fsp3) is 0.344. The van der Waals surface area contributed by atoms with E-state index in [4.69, 9.17) is 16.3 Å². The Morgan fingerprint density at radius 2 is 1.87 bits per heavy atom. The van der Waals surface area contributed by atoms with E-state index in [1.54, 1.807) is 60.8 Å². The van der Waals surface area contributed by atoms with Crippen LogP contribution in [-0.4, -0.2) is 77.7 Å². The second-order valence-electron chi connectivity index (χ2n) is 10.9. The molecule has 2 atom stereocenters. The van der Waals surface area contributed by atoms with Crippen molar-refractivity contribution in [1.29, 1.82) is 0 Å². The van der Waals surface area contributed by atoms with Gasteiger partial charge in [-0.1, -0.05) is 23.7 Å². The lowest BCUT2D eigenvalue weighted by Crippen LogP contribution is -2.41. The number of carbonyl (C=O) groups is 4. The number of rotatable bonds is 9. The number of benzene rings is 2. The van der Waals surface area contributed by atoms with Crippen LogP contribution in [0.5, 0.6) is 0 Å². The molecule has 12 nitrogen and oxygen atoms in total. The summed E-state index contributed by atoms with van der Waals surface area (Å²) in [4.78, 5) is 59.1. The number of carbonyl (C=O) groups excluding carboxylic acids is 3. The summed E-state index contributed by atoms with van der Waals surface area (Å²) in [5, 5.41) is 18.3. The summed E-state index contributed by atoms with van der Waals surface area (Å²) >= 11 is 6.08. The highest BCUT2D eigenvalue weighted by Crippen LogP contribution is 2.30. The van der Waals surface area contributed by atoms with Gasteiger partial charge in [0.15, 0.2) is 0 Å². The molecule has 2 aliphatic heterocycles. The molecule has 2 saturated heterocycles. The molecular weight excluding hydrogens is 600 g/mol. The molecule has 3 heterocycles. The van der Waals surface area contributed by atoms with Gasteiger partial charge in [0.1, 0.15) is 6.10 Å². The van der Waals surface area contributed by atoms with Crippen molar-refractivity contribution in [3.63, 3.8) is 0 Å². The van der Waals surface area contributed by atoms with Gasteiger partial charge in [0.25, 0.3) is 11.8 Å². The summed E-state index contributed by atoms with van der Waals surface area (Å²) in [6.45, 7) is 2.80. The Bertz CT molecular complexity index is 1530. The molecule has 0 bridgehead atoms. The van der Waals surface area contributed by atoms with Gasteiger partial charge in [-0.05, 0) is 67.3 Å². The maximum absolute atomic E-state index is 13.4. The second-order valence-corrected chi connectivity index (χ2v) is 11.3. The molecule has 0 radical (unpaired) electrons. The number of halogens is 1. The summed E-state index contributed by atoms with van der Waals surface area (Å²) in [5.41, 5.74) is 2.31. The minimum atomic E-state index is -1.08. The summed E-state index contributed by atoms with van der Waals surface area (Å²) in [7, 11) is 0. The van der Waals surface area contributed by atoms with E-state index in [1.165, 1.54) is 6.20 Å². The molecule has 2 fully saturated rings. The first-order valence-electron chi connectivity index (χ1n) is 14.8. The van der Waals surface area contributed by atoms with Gasteiger partial charge in [0.2, 0.25) is 0 Å². The van der Waals surface area contributed by atoms with Crippen molar-refractivity contribution in [1.82, 2.24) is 15.2 Å². The van der Waals surface area contributed by atoms with Crippen LogP contribution in [0.2, 0.25) is 5.02 Å². The zero-order chi connectivity index (χ0) is 31.8.